The number of nitrogens with zero attached hydrogens (tertiary/aromatic N) is 2. The number of carbonyl (C=O) groups excluding carboxylic acids is 1. The Bertz CT molecular complexity index is 992. The number of hydrogen-bond donors (Lipinski definition) is 0. The van der Waals surface area contributed by atoms with Crippen molar-refractivity contribution >= 4 is 11.5 Å². The summed E-state index contributed by atoms with van der Waals surface area (Å²) in [6.07, 6.45) is 3.67. The number of ketones is 1. The highest BCUT2D eigenvalue weighted by molar-refractivity contribution is 6.06. The highest BCUT2D eigenvalue weighted by Crippen LogP contribution is 2.45. The maximum atomic E-state index is 11.7. The van der Waals surface area contributed by atoms with Gasteiger partial charge >= 0.3 is 0 Å². The van der Waals surface area contributed by atoms with Crippen molar-refractivity contribution in [1.29, 1.82) is 0 Å². The predicted octanol–water partition coefficient (Wildman–Crippen LogP) is 4.52. The molecule has 0 radical (unpaired) electrons. The Hall–Kier alpha value is -3.08. The molecular formula is C24H26N2O3. The molecule has 0 amide bonds. The van der Waals surface area contributed by atoms with Crippen LogP contribution in [0.1, 0.15) is 43.0 Å². The first-order valence-electron chi connectivity index (χ1n) is 9.89. The van der Waals surface area contributed by atoms with Crippen molar-refractivity contribution < 1.29 is 14.3 Å². The number of hydrogen-bond acceptors (Lipinski definition) is 5. The van der Waals surface area contributed by atoms with Gasteiger partial charge in [-0.3, -0.25) is 9.80 Å². The number of fused-ring (bicyclic) bond motifs is 3. The third kappa shape index (κ3) is 3.53. The van der Waals surface area contributed by atoms with Gasteiger partial charge in [0.15, 0.2) is 5.78 Å². The van der Waals surface area contributed by atoms with Crippen LogP contribution < -0.4 is 9.47 Å². The zero-order valence-electron chi connectivity index (χ0n) is 17.3. The summed E-state index contributed by atoms with van der Waals surface area (Å²) in [5.41, 5.74) is 5.53. The minimum Gasteiger partial charge on any atom is -0.497 e. The molecular weight excluding hydrogens is 364 g/mol. The van der Waals surface area contributed by atoms with Gasteiger partial charge in [-0.2, -0.15) is 5.10 Å². The predicted molar refractivity (Wildman–Crippen MR) is 113 cm³/mol. The van der Waals surface area contributed by atoms with Crippen molar-refractivity contribution in [3.8, 4) is 11.5 Å². The summed E-state index contributed by atoms with van der Waals surface area (Å²) in [6.45, 7) is 3.52. The maximum absolute atomic E-state index is 11.7. The summed E-state index contributed by atoms with van der Waals surface area (Å²) >= 11 is 0. The number of benzene rings is 2. The van der Waals surface area contributed by atoms with Crippen LogP contribution in [0, 0.1) is 5.92 Å². The SMILES string of the molecule is COc1ccc([C@H]2[C@@H]3CCc4ccc(OC)cc4C3=NN2C(C)=CC(C)=O)cc1. The summed E-state index contributed by atoms with van der Waals surface area (Å²) in [5, 5.41) is 7.03. The highest BCUT2D eigenvalue weighted by Gasteiger charge is 2.42. The molecule has 2 atom stereocenters. The van der Waals surface area contributed by atoms with E-state index in [2.05, 4.69) is 24.3 Å². The van der Waals surface area contributed by atoms with Gasteiger partial charge in [0.25, 0.3) is 0 Å². The van der Waals surface area contributed by atoms with E-state index in [1.165, 1.54) is 5.56 Å². The lowest BCUT2D eigenvalue weighted by Gasteiger charge is -2.31. The van der Waals surface area contributed by atoms with Crippen molar-refractivity contribution in [3.05, 3.63) is 70.9 Å². The second-order valence-electron chi connectivity index (χ2n) is 7.61. The molecule has 0 aromatic heterocycles. The van der Waals surface area contributed by atoms with E-state index in [1.807, 2.05) is 30.1 Å². The van der Waals surface area contributed by atoms with Crippen molar-refractivity contribution in [2.75, 3.05) is 14.2 Å². The molecule has 0 bridgehead atoms. The van der Waals surface area contributed by atoms with Gasteiger partial charge in [-0.1, -0.05) is 18.2 Å². The Labute approximate surface area is 171 Å². The minimum atomic E-state index is 0.0214. The van der Waals surface area contributed by atoms with Crippen LogP contribution in [-0.2, 0) is 11.2 Å². The first-order valence-corrected chi connectivity index (χ1v) is 9.89. The smallest absolute Gasteiger partial charge is 0.154 e. The number of methoxy groups -OCH3 is 2. The van der Waals surface area contributed by atoms with Crippen LogP contribution in [0.15, 0.2) is 59.3 Å². The zero-order chi connectivity index (χ0) is 20.5. The molecule has 0 unspecified atom stereocenters. The second kappa shape index (κ2) is 7.74. The molecule has 1 aliphatic heterocycles. The zero-order valence-corrected chi connectivity index (χ0v) is 17.3. The fourth-order valence-corrected chi connectivity index (χ4v) is 4.40. The van der Waals surface area contributed by atoms with Gasteiger partial charge < -0.3 is 9.47 Å². The summed E-state index contributed by atoms with van der Waals surface area (Å²) in [7, 11) is 3.36. The van der Waals surface area contributed by atoms with E-state index in [0.717, 1.165) is 46.9 Å². The van der Waals surface area contributed by atoms with Crippen molar-refractivity contribution in [1.82, 2.24) is 5.01 Å². The van der Waals surface area contributed by atoms with Crippen LogP contribution in [0.25, 0.3) is 0 Å². The second-order valence-corrected chi connectivity index (χ2v) is 7.61. The Morgan fingerprint density at radius 2 is 1.76 bits per heavy atom. The Kier molecular flexibility index (Phi) is 5.14. The van der Waals surface area contributed by atoms with Gasteiger partial charge in [-0.25, -0.2) is 0 Å². The van der Waals surface area contributed by atoms with Crippen molar-refractivity contribution in [3.63, 3.8) is 0 Å². The fraction of sp³-hybridized carbons (Fsp3) is 0.333. The van der Waals surface area contributed by atoms with Gasteiger partial charge in [0.1, 0.15) is 11.5 Å². The third-order valence-corrected chi connectivity index (χ3v) is 5.76. The molecule has 5 heteroatoms. The number of hydrazone groups is 1. The van der Waals surface area contributed by atoms with E-state index >= 15 is 0 Å². The first kappa shape index (κ1) is 19.2. The lowest BCUT2D eigenvalue weighted by molar-refractivity contribution is -0.112. The standard InChI is InChI=1S/C24H26N2O3/c1-15(13-16(2)27)26-24(18-6-9-19(28-3)10-7-18)21-12-8-17-5-11-20(29-4)14-22(17)23(21)25-26/h5-7,9-11,13-14,21,24H,8,12H2,1-4H3/t21-,24+/m1/s1. The molecule has 0 fully saturated rings. The number of rotatable bonds is 5. The Morgan fingerprint density at radius 3 is 2.41 bits per heavy atom. The maximum Gasteiger partial charge on any atom is 0.154 e. The molecule has 1 heterocycles. The number of aryl methyl sites for hydroxylation is 1. The van der Waals surface area contributed by atoms with Gasteiger partial charge in [-0.15, -0.1) is 0 Å². The molecule has 2 aromatic rings. The summed E-state index contributed by atoms with van der Waals surface area (Å²) < 4.78 is 10.8. The largest absolute Gasteiger partial charge is 0.497 e. The molecule has 150 valence electrons. The third-order valence-electron chi connectivity index (χ3n) is 5.76. The minimum absolute atomic E-state index is 0.0214. The number of carbonyl (C=O) groups is 1. The van der Waals surface area contributed by atoms with E-state index in [9.17, 15) is 4.79 Å². The van der Waals surface area contributed by atoms with Crippen LogP contribution >= 0.6 is 0 Å². The number of ether oxygens (including phenoxy) is 2. The normalized spacial score (nSPS) is 20.6. The average Bonchev–Trinajstić information content (AvgIpc) is 3.13. The van der Waals surface area contributed by atoms with Crippen molar-refractivity contribution in [2.45, 2.75) is 32.7 Å². The van der Waals surface area contributed by atoms with E-state index in [0.29, 0.717) is 0 Å². The molecule has 2 aromatic carbocycles. The summed E-state index contributed by atoms with van der Waals surface area (Å²) in [4.78, 5) is 11.7. The highest BCUT2D eigenvalue weighted by atomic mass is 16.5. The van der Waals surface area contributed by atoms with Gasteiger partial charge in [0, 0.05) is 23.3 Å². The molecule has 0 saturated carbocycles. The monoisotopic (exact) mass is 390 g/mol. The molecule has 4 rings (SSSR count). The molecule has 2 aliphatic rings. The van der Waals surface area contributed by atoms with E-state index in [-0.39, 0.29) is 17.7 Å². The lowest BCUT2D eigenvalue weighted by Crippen LogP contribution is -2.28. The quantitative estimate of drug-likeness (QED) is 0.705. The van der Waals surface area contributed by atoms with Gasteiger partial charge in [0.2, 0.25) is 0 Å². The Balaban J connectivity index is 1.81. The Morgan fingerprint density at radius 1 is 1.07 bits per heavy atom. The van der Waals surface area contributed by atoms with Crippen LogP contribution in [0.5, 0.6) is 11.5 Å². The molecule has 1 aliphatic carbocycles. The van der Waals surface area contributed by atoms with E-state index in [1.54, 1.807) is 27.2 Å². The molecule has 5 nitrogen and oxygen atoms in total. The molecule has 0 saturated heterocycles. The fourth-order valence-electron chi connectivity index (χ4n) is 4.40. The van der Waals surface area contributed by atoms with Crippen molar-refractivity contribution in [2.24, 2.45) is 11.0 Å². The summed E-state index contributed by atoms with van der Waals surface area (Å²) in [6, 6.07) is 14.4. The van der Waals surface area contributed by atoms with Crippen LogP contribution in [0.3, 0.4) is 0 Å². The molecule has 29 heavy (non-hydrogen) atoms. The van der Waals surface area contributed by atoms with Gasteiger partial charge in [0.05, 0.1) is 26.0 Å². The average molecular weight is 390 g/mol. The van der Waals surface area contributed by atoms with Crippen LogP contribution in [0.4, 0.5) is 0 Å². The first-order chi connectivity index (χ1) is 14.0. The van der Waals surface area contributed by atoms with E-state index in [4.69, 9.17) is 14.6 Å². The molecule has 0 N–H and O–H groups in total. The van der Waals surface area contributed by atoms with E-state index < -0.39 is 0 Å². The lowest BCUT2D eigenvalue weighted by atomic mass is 9.77. The van der Waals surface area contributed by atoms with Crippen LogP contribution in [0.2, 0.25) is 0 Å². The topological polar surface area (TPSA) is 51.1 Å². The number of allylic oxidation sites excluding steroid dienone is 2. The van der Waals surface area contributed by atoms with Gasteiger partial charge in [-0.05, 0) is 62.1 Å². The molecule has 0 spiro atoms. The van der Waals surface area contributed by atoms with Crippen LogP contribution in [-0.4, -0.2) is 30.7 Å². The summed E-state index contributed by atoms with van der Waals surface area (Å²) in [5.74, 6) is 1.93.